The van der Waals surface area contributed by atoms with Gasteiger partial charge in [0.15, 0.2) is 0 Å². The molecule has 0 fully saturated rings. The monoisotopic (exact) mass is 468 g/mol. The Labute approximate surface area is 183 Å². The van der Waals surface area contributed by atoms with Crippen LogP contribution in [0, 0.1) is 0 Å². The van der Waals surface area contributed by atoms with Crippen molar-refractivity contribution >= 4 is 39.8 Å². The second-order valence-corrected chi connectivity index (χ2v) is 8.03. The van der Waals surface area contributed by atoms with Gasteiger partial charge in [0.2, 0.25) is 5.91 Å². The summed E-state index contributed by atoms with van der Waals surface area (Å²) in [6.07, 6.45) is 1.61. The first-order valence-corrected chi connectivity index (χ1v) is 11.1. The third-order valence-corrected chi connectivity index (χ3v) is 5.75. The van der Waals surface area contributed by atoms with Gasteiger partial charge < -0.3 is 4.74 Å². The van der Waals surface area contributed by atoms with Crippen molar-refractivity contribution < 1.29 is 9.53 Å². The van der Waals surface area contributed by atoms with Crippen LogP contribution in [-0.4, -0.2) is 17.9 Å². The molecule has 0 aliphatic rings. The summed E-state index contributed by atoms with van der Waals surface area (Å²) in [5.74, 6) is 1.68. The van der Waals surface area contributed by atoms with Crippen molar-refractivity contribution in [3.63, 3.8) is 0 Å². The van der Waals surface area contributed by atoms with Gasteiger partial charge in [-0.2, -0.15) is 5.10 Å². The first-order valence-electron chi connectivity index (χ1n) is 9.11. The highest BCUT2D eigenvalue weighted by atomic mass is 79.9. The summed E-state index contributed by atoms with van der Waals surface area (Å²) in [5.41, 5.74) is 5.64. The fourth-order valence-corrected chi connectivity index (χ4v) is 3.96. The maximum absolute atomic E-state index is 12.0. The summed E-state index contributed by atoms with van der Waals surface area (Å²) < 4.78 is 6.95. The van der Waals surface area contributed by atoms with Crippen LogP contribution in [0.4, 0.5) is 0 Å². The second-order valence-electron chi connectivity index (χ2n) is 6.19. The Morgan fingerprint density at radius 3 is 2.55 bits per heavy atom. The normalized spacial score (nSPS) is 10.8. The molecule has 0 spiro atoms. The van der Waals surface area contributed by atoms with Gasteiger partial charge in [-0.25, -0.2) is 5.43 Å². The van der Waals surface area contributed by atoms with Crippen LogP contribution in [0.1, 0.15) is 16.7 Å². The van der Waals surface area contributed by atoms with Gasteiger partial charge in [-0.15, -0.1) is 11.8 Å². The number of nitrogens with zero attached hydrogens (tertiary/aromatic N) is 1. The molecule has 3 rings (SSSR count). The Bertz CT molecular complexity index is 964. The average Bonchev–Trinajstić information content (AvgIpc) is 2.75. The zero-order valence-electron chi connectivity index (χ0n) is 15.8. The number of nitrogens with one attached hydrogen (secondary N) is 1. The van der Waals surface area contributed by atoms with Gasteiger partial charge in [-0.05, 0) is 29.3 Å². The van der Waals surface area contributed by atoms with E-state index in [1.807, 2.05) is 78.9 Å². The van der Waals surface area contributed by atoms with Crippen LogP contribution >= 0.6 is 27.7 Å². The number of amides is 1. The second kappa shape index (κ2) is 11.4. The zero-order chi connectivity index (χ0) is 20.3. The van der Waals surface area contributed by atoms with Crippen LogP contribution in [0.25, 0.3) is 0 Å². The number of thioether (sulfide) groups is 1. The van der Waals surface area contributed by atoms with E-state index in [-0.39, 0.29) is 5.91 Å². The summed E-state index contributed by atoms with van der Waals surface area (Å²) in [6.45, 7) is 0.476. The van der Waals surface area contributed by atoms with Crippen molar-refractivity contribution in [2.24, 2.45) is 5.10 Å². The summed E-state index contributed by atoms with van der Waals surface area (Å²) in [4.78, 5) is 12.0. The van der Waals surface area contributed by atoms with Gasteiger partial charge in [0, 0.05) is 15.8 Å². The quantitative estimate of drug-likeness (QED) is 0.337. The molecule has 3 aromatic carbocycles. The number of hydrogen-bond donors (Lipinski definition) is 1. The molecule has 1 N–H and O–H groups in total. The molecular formula is C23H21BrN2O2S. The zero-order valence-corrected chi connectivity index (χ0v) is 18.2. The number of benzene rings is 3. The Hall–Kier alpha value is -2.57. The number of hydrogen-bond acceptors (Lipinski definition) is 4. The average molecular weight is 469 g/mol. The molecule has 3 aromatic rings. The molecule has 0 heterocycles. The van der Waals surface area contributed by atoms with Crippen LogP contribution in [0.15, 0.2) is 88.4 Å². The standard InChI is InChI=1S/C23H21BrN2O2S/c24-21-12-6-4-11-20(21)16-29-17-23(27)26-25-14-19-10-5-7-13-22(19)28-15-18-8-2-1-3-9-18/h1-14H,15-17H2,(H,26,27)/b25-14-. The molecule has 0 aliphatic heterocycles. The molecule has 4 nitrogen and oxygen atoms in total. The molecule has 6 heteroatoms. The maximum Gasteiger partial charge on any atom is 0.250 e. The minimum absolute atomic E-state index is 0.138. The smallest absolute Gasteiger partial charge is 0.250 e. The van der Waals surface area contributed by atoms with Gasteiger partial charge in [-0.1, -0.05) is 76.6 Å². The lowest BCUT2D eigenvalue weighted by atomic mass is 10.2. The number of carbonyl (C=O) groups excluding carboxylic acids is 1. The van der Waals surface area contributed by atoms with Crippen molar-refractivity contribution in [2.75, 3.05) is 5.75 Å². The van der Waals surface area contributed by atoms with E-state index in [2.05, 4.69) is 26.5 Å². The lowest BCUT2D eigenvalue weighted by Gasteiger charge is -2.09. The van der Waals surface area contributed by atoms with E-state index in [9.17, 15) is 4.79 Å². The third-order valence-electron chi connectivity index (χ3n) is 4.00. The van der Waals surface area contributed by atoms with E-state index in [1.165, 1.54) is 5.56 Å². The van der Waals surface area contributed by atoms with Crippen molar-refractivity contribution in [1.29, 1.82) is 0 Å². The summed E-state index contributed by atoms with van der Waals surface area (Å²) in [6, 6.07) is 25.6. The largest absolute Gasteiger partial charge is 0.488 e. The fourth-order valence-electron chi connectivity index (χ4n) is 2.53. The first-order chi connectivity index (χ1) is 14.2. The molecule has 0 aliphatic carbocycles. The molecule has 0 atom stereocenters. The lowest BCUT2D eigenvalue weighted by Crippen LogP contribution is -2.19. The van der Waals surface area contributed by atoms with E-state index in [4.69, 9.17) is 4.74 Å². The Morgan fingerprint density at radius 1 is 1.00 bits per heavy atom. The van der Waals surface area contributed by atoms with Crippen molar-refractivity contribution in [3.05, 3.63) is 100 Å². The van der Waals surface area contributed by atoms with Crippen molar-refractivity contribution in [2.45, 2.75) is 12.4 Å². The molecule has 0 unspecified atom stereocenters. The van der Waals surface area contributed by atoms with Crippen LogP contribution in [0.3, 0.4) is 0 Å². The van der Waals surface area contributed by atoms with E-state index in [0.29, 0.717) is 12.4 Å². The molecule has 29 heavy (non-hydrogen) atoms. The van der Waals surface area contributed by atoms with E-state index >= 15 is 0 Å². The Balaban J connectivity index is 1.47. The molecule has 0 radical (unpaired) electrons. The van der Waals surface area contributed by atoms with Crippen LogP contribution in [-0.2, 0) is 17.2 Å². The van der Waals surface area contributed by atoms with Gasteiger partial charge in [0.25, 0.3) is 0 Å². The van der Waals surface area contributed by atoms with Gasteiger partial charge >= 0.3 is 0 Å². The number of rotatable bonds is 9. The number of hydrazone groups is 1. The first kappa shape index (κ1) is 21.1. The highest BCUT2D eigenvalue weighted by Gasteiger charge is 2.04. The minimum Gasteiger partial charge on any atom is -0.488 e. The van der Waals surface area contributed by atoms with Crippen LogP contribution in [0.2, 0.25) is 0 Å². The lowest BCUT2D eigenvalue weighted by molar-refractivity contribution is -0.118. The van der Waals surface area contributed by atoms with Crippen LogP contribution in [0.5, 0.6) is 5.75 Å². The SMILES string of the molecule is O=C(CSCc1ccccc1Br)N/N=C\c1ccccc1OCc1ccccc1. The Morgan fingerprint density at radius 2 is 1.72 bits per heavy atom. The Kier molecular flexibility index (Phi) is 8.34. The van der Waals surface area contributed by atoms with Crippen molar-refractivity contribution in [1.82, 2.24) is 5.43 Å². The predicted octanol–water partition coefficient (Wildman–Crippen LogP) is 5.41. The predicted molar refractivity (Wildman–Crippen MR) is 123 cm³/mol. The summed E-state index contributed by atoms with van der Waals surface area (Å²) in [7, 11) is 0. The number of carbonyl (C=O) groups is 1. The third kappa shape index (κ3) is 7.07. The van der Waals surface area contributed by atoms with E-state index < -0.39 is 0 Å². The molecule has 0 aromatic heterocycles. The van der Waals surface area contributed by atoms with Gasteiger partial charge in [-0.3, -0.25) is 4.79 Å². The van der Waals surface area contributed by atoms with E-state index in [0.717, 1.165) is 27.1 Å². The highest BCUT2D eigenvalue weighted by molar-refractivity contribution is 9.10. The molecule has 148 valence electrons. The maximum atomic E-state index is 12.0. The van der Waals surface area contributed by atoms with Gasteiger partial charge in [0.1, 0.15) is 12.4 Å². The topological polar surface area (TPSA) is 50.7 Å². The minimum atomic E-state index is -0.138. The number of para-hydroxylation sites is 1. The summed E-state index contributed by atoms with van der Waals surface area (Å²) in [5, 5.41) is 4.07. The molecule has 0 saturated heterocycles. The molecular weight excluding hydrogens is 448 g/mol. The van der Waals surface area contributed by atoms with E-state index in [1.54, 1.807) is 18.0 Å². The summed E-state index contributed by atoms with van der Waals surface area (Å²) >= 11 is 5.06. The van der Waals surface area contributed by atoms with Crippen molar-refractivity contribution in [3.8, 4) is 5.75 Å². The molecule has 1 amide bonds. The number of ether oxygens (including phenoxy) is 1. The molecule has 0 saturated carbocycles. The number of halogens is 1. The fraction of sp³-hybridized carbons (Fsp3) is 0.130. The van der Waals surface area contributed by atoms with Gasteiger partial charge in [0.05, 0.1) is 12.0 Å². The highest BCUT2D eigenvalue weighted by Crippen LogP contribution is 2.21. The molecule has 0 bridgehead atoms. The van der Waals surface area contributed by atoms with Crippen LogP contribution < -0.4 is 10.2 Å².